The van der Waals surface area contributed by atoms with Crippen LogP contribution in [-0.4, -0.2) is 32.6 Å². The second-order valence-electron chi connectivity index (χ2n) is 3.16. The fourth-order valence-corrected chi connectivity index (χ4v) is 2.26. The van der Waals surface area contributed by atoms with E-state index >= 15 is 0 Å². The summed E-state index contributed by atoms with van der Waals surface area (Å²) in [5, 5.41) is 11.6. The predicted molar refractivity (Wildman–Crippen MR) is 60.9 cm³/mol. The summed E-state index contributed by atoms with van der Waals surface area (Å²) in [4.78, 5) is 10.1. The number of carbonyl (C=O) groups excluding carboxylic acids is 1. The number of hydrogen-bond donors (Lipinski definition) is 4. The highest BCUT2D eigenvalue weighted by Crippen LogP contribution is 2.20. The van der Waals surface area contributed by atoms with Crippen LogP contribution < -0.4 is 15.8 Å². The number of phenols is 1. The van der Waals surface area contributed by atoms with E-state index in [-0.39, 0.29) is 23.7 Å². The van der Waals surface area contributed by atoms with Crippen molar-refractivity contribution in [3.8, 4) is 5.75 Å². The molecule has 1 aromatic carbocycles. The smallest absolute Gasteiger partial charge is 0.312 e. The van der Waals surface area contributed by atoms with Gasteiger partial charge in [-0.3, -0.25) is 0 Å². The van der Waals surface area contributed by atoms with E-state index in [0.717, 1.165) is 0 Å². The lowest BCUT2D eigenvalue weighted by atomic mass is 10.3. The first-order valence-electron chi connectivity index (χ1n) is 4.74. The van der Waals surface area contributed by atoms with Gasteiger partial charge in [-0.15, -0.1) is 0 Å². The van der Waals surface area contributed by atoms with Crippen LogP contribution in [0.5, 0.6) is 5.75 Å². The minimum atomic E-state index is -3.78. The molecular formula is C9H13N3O4S. The van der Waals surface area contributed by atoms with E-state index in [4.69, 9.17) is 5.73 Å². The molecule has 7 nitrogen and oxygen atoms in total. The van der Waals surface area contributed by atoms with Gasteiger partial charge >= 0.3 is 6.03 Å². The lowest BCUT2D eigenvalue weighted by Crippen LogP contribution is -2.37. The molecule has 0 bridgehead atoms. The van der Waals surface area contributed by atoms with Crippen LogP contribution in [0.1, 0.15) is 0 Å². The van der Waals surface area contributed by atoms with Crippen molar-refractivity contribution in [1.82, 2.24) is 10.0 Å². The van der Waals surface area contributed by atoms with Crippen molar-refractivity contribution in [3.63, 3.8) is 0 Å². The lowest BCUT2D eigenvalue weighted by Gasteiger charge is -2.08. The summed E-state index contributed by atoms with van der Waals surface area (Å²) in [7, 11) is -3.78. The molecule has 0 radical (unpaired) electrons. The molecule has 0 aromatic heterocycles. The molecule has 5 N–H and O–H groups in total. The van der Waals surface area contributed by atoms with Gasteiger partial charge in [-0.2, -0.15) is 0 Å². The first-order valence-corrected chi connectivity index (χ1v) is 6.23. The molecule has 0 saturated heterocycles. The van der Waals surface area contributed by atoms with Gasteiger partial charge < -0.3 is 16.2 Å². The van der Waals surface area contributed by atoms with Crippen molar-refractivity contribution in [2.45, 2.75) is 4.90 Å². The standard InChI is InChI=1S/C9H13N3O4S/c10-9(14)11-5-6-12-17(15,16)8-4-2-1-3-7(8)13/h1-4,12-13H,5-6H2,(H3,10,11,14). The Hall–Kier alpha value is -1.80. The van der Waals surface area contributed by atoms with Crippen molar-refractivity contribution >= 4 is 16.1 Å². The molecule has 2 amide bonds. The Bertz CT molecular complexity index is 501. The molecule has 0 unspecified atom stereocenters. The molecule has 8 heteroatoms. The van der Waals surface area contributed by atoms with E-state index in [2.05, 4.69) is 10.0 Å². The highest BCUT2D eigenvalue weighted by molar-refractivity contribution is 7.89. The summed E-state index contributed by atoms with van der Waals surface area (Å²) in [5.74, 6) is -0.331. The molecule has 0 heterocycles. The lowest BCUT2D eigenvalue weighted by molar-refractivity contribution is 0.249. The number of para-hydroxylation sites is 1. The molecule has 0 atom stereocenters. The van der Waals surface area contributed by atoms with Crippen LogP contribution in [0.2, 0.25) is 0 Å². The summed E-state index contributed by atoms with van der Waals surface area (Å²) in [5.41, 5.74) is 4.81. The average Bonchev–Trinajstić information content (AvgIpc) is 2.24. The minimum absolute atomic E-state index is 0.0143. The number of nitrogens with one attached hydrogen (secondary N) is 2. The van der Waals surface area contributed by atoms with E-state index < -0.39 is 16.1 Å². The van der Waals surface area contributed by atoms with Gasteiger partial charge in [0.05, 0.1) is 0 Å². The summed E-state index contributed by atoms with van der Waals surface area (Å²) in [6, 6.07) is 4.83. The highest BCUT2D eigenvalue weighted by atomic mass is 32.2. The zero-order valence-electron chi connectivity index (χ0n) is 8.88. The molecule has 0 fully saturated rings. The number of hydrogen-bond acceptors (Lipinski definition) is 4. The quantitative estimate of drug-likeness (QED) is 0.524. The monoisotopic (exact) mass is 259 g/mol. The molecule has 0 aliphatic heterocycles. The van der Waals surface area contributed by atoms with E-state index in [1.165, 1.54) is 24.3 Å². The van der Waals surface area contributed by atoms with E-state index in [1.807, 2.05) is 0 Å². The second-order valence-corrected chi connectivity index (χ2v) is 4.89. The van der Waals surface area contributed by atoms with Crippen molar-refractivity contribution in [3.05, 3.63) is 24.3 Å². The van der Waals surface area contributed by atoms with E-state index in [9.17, 15) is 18.3 Å². The number of carbonyl (C=O) groups is 1. The Labute approximate surface area is 98.7 Å². The van der Waals surface area contributed by atoms with Crippen LogP contribution in [0.4, 0.5) is 4.79 Å². The number of phenolic OH excluding ortho intramolecular Hbond substituents is 1. The van der Waals surface area contributed by atoms with Crippen molar-refractivity contribution in [2.24, 2.45) is 5.73 Å². The third-order valence-corrected chi connectivity index (χ3v) is 3.38. The maximum atomic E-state index is 11.7. The molecular weight excluding hydrogens is 246 g/mol. The van der Waals surface area contributed by atoms with Gasteiger partial charge in [0.1, 0.15) is 10.6 Å². The maximum Gasteiger partial charge on any atom is 0.312 e. The normalized spacial score (nSPS) is 11.1. The Morgan fingerprint density at radius 2 is 1.94 bits per heavy atom. The number of aromatic hydroxyl groups is 1. The number of urea groups is 1. The number of rotatable bonds is 5. The number of primary amides is 1. The number of sulfonamides is 1. The molecule has 0 saturated carbocycles. The van der Waals surface area contributed by atoms with Gasteiger partial charge in [0.15, 0.2) is 0 Å². The van der Waals surface area contributed by atoms with Crippen LogP contribution in [0, 0.1) is 0 Å². The van der Waals surface area contributed by atoms with Crippen molar-refractivity contribution in [2.75, 3.05) is 13.1 Å². The Morgan fingerprint density at radius 1 is 1.29 bits per heavy atom. The molecule has 1 rings (SSSR count). The van der Waals surface area contributed by atoms with Crippen LogP contribution in [0.3, 0.4) is 0 Å². The fourth-order valence-electron chi connectivity index (χ4n) is 1.13. The van der Waals surface area contributed by atoms with E-state index in [0.29, 0.717) is 0 Å². The van der Waals surface area contributed by atoms with Gasteiger partial charge in [-0.05, 0) is 12.1 Å². The molecule has 94 valence electrons. The largest absolute Gasteiger partial charge is 0.507 e. The van der Waals surface area contributed by atoms with Crippen LogP contribution in [-0.2, 0) is 10.0 Å². The zero-order chi connectivity index (χ0) is 12.9. The fraction of sp³-hybridized carbons (Fsp3) is 0.222. The van der Waals surface area contributed by atoms with Gasteiger partial charge in [0.2, 0.25) is 10.0 Å². The number of benzene rings is 1. The third kappa shape index (κ3) is 3.93. The first kappa shape index (κ1) is 13.3. The number of nitrogens with two attached hydrogens (primary N) is 1. The Morgan fingerprint density at radius 3 is 2.53 bits per heavy atom. The molecule has 17 heavy (non-hydrogen) atoms. The van der Waals surface area contributed by atoms with Gasteiger partial charge in [-0.25, -0.2) is 17.9 Å². The molecule has 0 aliphatic carbocycles. The van der Waals surface area contributed by atoms with Gasteiger partial charge in [0, 0.05) is 13.1 Å². The summed E-state index contributed by atoms with van der Waals surface area (Å²) >= 11 is 0. The third-order valence-electron chi connectivity index (χ3n) is 1.87. The van der Waals surface area contributed by atoms with Crippen molar-refractivity contribution in [1.29, 1.82) is 0 Å². The van der Waals surface area contributed by atoms with Crippen LogP contribution in [0.25, 0.3) is 0 Å². The zero-order valence-corrected chi connectivity index (χ0v) is 9.70. The second kappa shape index (κ2) is 5.51. The summed E-state index contributed by atoms with van der Waals surface area (Å²) < 4.78 is 25.6. The molecule has 0 aliphatic rings. The van der Waals surface area contributed by atoms with Gasteiger partial charge in [0.25, 0.3) is 0 Å². The average molecular weight is 259 g/mol. The maximum absolute atomic E-state index is 11.7. The highest BCUT2D eigenvalue weighted by Gasteiger charge is 2.16. The summed E-state index contributed by atoms with van der Waals surface area (Å²) in [6.45, 7) is 0.0573. The van der Waals surface area contributed by atoms with Crippen LogP contribution in [0.15, 0.2) is 29.2 Å². The Balaban J connectivity index is 2.64. The molecule has 1 aromatic rings. The van der Waals surface area contributed by atoms with Crippen molar-refractivity contribution < 1.29 is 18.3 Å². The summed E-state index contributed by atoms with van der Waals surface area (Å²) in [6.07, 6.45) is 0. The first-order chi connectivity index (χ1) is 7.93. The Kier molecular flexibility index (Phi) is 4.30. The SMILES string of the molecule is NC(=O)NCCNS(=O)(=O)c1ccccc1O. The topological polar surface area (TPSA) is 122 Å². The van der Waals surface area contributed by atoms with Crippen LogP contribution >= 0.6 is 0 Å². The minimum Gasteiger partial charge on any atom is -0.507 e. The number of amides is 2. The predicted octanol–water partition coefficient (Wildman–Crippen LogP) is -0.661. The molecule has 0 spiro atoms. The van der Waals surface area contributed by atoms with E-state index in [1.54, 1.807) is 0 Å². The van der Waals surface area contributed by atoms with Gasteiger partial charge in [-0.1, -0.05) is 12.1 Å².